The van der Waals surface area contributed by atoms with E-state index < -0.39 is 0 Å². The van der Waals surface area contributed by atoms with Crippen molar-refractivity contribution in [2.45, 2.75) is 72.0 Å². The van der Waals surface area contributed by atoms with Crippen molar-refractivity contribution in [1.29, 1.82) is 0 Å². The third-order valence-corrected chi connectivity index (χ3v) is 3.41. The lowest BCUT2D eigenvalue weighted by Crippen LogP contribution is -2.42. The molecule has 0 aromatic carbocycles. The Morgan fingerprint density at radius 2 is 1.94 bits per heavy atom. The Kier molecular flexibility index (Phi) is 3.54. The van der Waals surface area contributed by atoms with Gasteiger partial charge in [-0.2, -0.15) is 0 Å². The molecule has 3 nitrogen and oxygen atoms in total. The second kappa shape index (κ2) is 4.69. The molecule has 3 heteroatoms. The predicted octanol–water partition coefficient (Wildman–Crippen LogP) is 3.52. The number of aromatic nitrogens is 2. The first-order chi connectivity index (χ1) is 8.27. The van der Waals surface area contributed by atoms with Crippen molar-refractivity contribution < 1.29 is 0 Å². The van der Waals surface area contributed by atoms with Gasteiger partial charge in [-0.3, -0.25) is 0 Å². The van der Waals surface area contributed by atoms with Gasteiger partial charge in [0.1, 0.15) is 0 Å². The van der Waals surface area contributed by atoms with Crippen molar-refractivity contribution in [3.63, 3.8) is 0 Å². The van der Waals surface area contributed by atoms with Crippen LogP contribution in [0.15, 0.2) is 12.5 Å². The summed E-state index contributed by atoms with van der Waals surface area (Å²) in [4.78, 5) is 4.28. The summed E-state index contributed by atoms with van der Waals surface area (Å²) in [7, 11) is 0. The molecule has 0 spiro atoms. The molecule has 18 heavy (non-hydrogen) atoms. The molecule has 0 amide bonds. The smallest absolute Gasteiger partial charge is 0.0951 e. The summed E-state index contributed by atoms with van der Waals surface area (Å²) in [5.74, 6) is 0. The first-order valence-electron chi connectivity index (χ1n) is 7.03. The van der Waals surface area contributed by atoms with E-state index in [0.29, 0.717) is 5.41 Å². The molecule has 102 valence electrons. The van der Waals surface area contributed by atoms with Gasteiger partial charge in [0.15, 0.2) is 0 Å². The topological polar surface area (TPSA) is 29.9 Å². The maximum atomic E-state index is 4.28. The SMILES string of the molecule is CC(C)(C)CC(C)(C)NCc1cncn1C1CC1. The minimum absolute atomic E-state index is 0.164. The molecule has 0 radical (unpaired) electrons. The minimum Gasteiger partial charge on any atom is -0.330 e. The Balaban J connectivity index is 1.92. The normalized spacial score (nSPS) is 17.2. The summed E-state index contributed by atoms with van der Waals surface area (Å²) in [6.07, 6.45) is 7.77. The number of hydrogen-bond acceptors (Lipinski definition) is 2. The summed E-state index contributed by atoms with van der Waals surface area (Å²) >= 11 is 0. The Morgan fingerprint density at radius 3 is 2.50 bits per heavy atom. The lowest BCUT2D eigenvalue weighted by atomic mass is 9.82. The van der Waals surface area contributed by atoms with E-state index in [1.807, 2.05) is 12.5 Å². The maximum Gasteiger partial charge on any atom is 0.0951 e. The number of nitrogens with zero attached hydrogens (tertiary/aromatic N) is 2. The van der Waals surface area contributed by atoms with E-state index in [1.54, 1.807) is 0 Å². The van der Waals surface area contributed by atoms with E-state index in [0.717, 1.165) is 19.0 Å². The predicted molar refractivity (Wildman–Crippen MR) is 75.5 cm³/mol. The van der Waals surface area contributed by atoms with Gasteiger partial charge in [-0.15, -0.1) is 0 Å². The van der Waals surface area contributed by atoms with Gasteiger partial charge in [-0.05, 0) is 38.5 Å². The lowest BCUT2D eigenvalue weighted by molar-refractivity contribution is 0.239. The molecule has 0 aliphatic heterocycles. The van der Waals surface area contributed by atoms with Crippen LogP contribution >= 0.6 is 0 Å². The van der Waals surface area contributed by atoms with Crippen LogP contribution in [0, 0.1) is 5.41 Å². The first-order valence-corrected chi connectivity index (χ1v) is 7.03. The zero-order valence-corrected chi connectivity index (χ0v) is 12.5. The second-order valence-corrected chi connectivity index (χ2v) is 7.50. The highest BCUT2D eigenvalue weighted by atomic mass is 15.1. The fourth-order valence-electron chi connectivity index (χ4n) is 2.87. The van der Waals surface area contributed by atoms with E-state index in [-0.39, 0.29) is 5.54 Å². The first kappa shape index (κ1) is 13.6. The van der Waals surface area contributed by atoms with Crippen LogP contribution < -0.4 is 5.32 Å². The molecular formula is C15H27N3. The van der Waals surface area contributed by atoms with Crippen LogP contribution in [0.25, 0.3) is 0 Å². The quantitative estimate of drug-likeness (QED) is 0.865. The number of rotatable bonds is 5. The van der Waals surface area contributed by atoms with Gasteiger partial charge in [0.2, 0.25) is 0 Å². The fourth-order valence-corrected chi connectivity index (χ4v) is 2.87. The van der Waals surface area contributed by atoms with Gasteiger partial charge in [-0.25, -0.2) is 4.98 Å². The van der Waals surface area contributed by atoms with Crippen molar-refractivity contribution in [1.82, 2.24) is 14.9 Å². The Labute approximate surface area is 111 Å². The van der Waals surface area contributed by atoms with Gasteiger partial charge in [0.05, 0.1) is 12.0 Å². The van der Waals surface area contributed by atoms with Crippen molar-refractivity contribution in [3.05, 3.63) is 18.2 Å². The third-order valence-electron chi connectivity index (χ3n) is 3.41. The van der Waals surface area contributed by atoms with E-state index in [9.17, 15) is 0 Å². The van der Waals surface area contributed by atoms with Gasteiger partial charge < -0.3 is 9.88 Å². The highest BCUT2D eigenvalue weighted by Gasteiger charge is 2.27. The Bertz CT molecular complexity index is 394. The molecule has 1 aliphatic rings. The van der Waals surface area contributed by atoms with Crippen LogP contribution in [0.3, 0.4) is 0 Å². The molecule has 1 aromatic heterocycles. The summed E-state index contributed by atoms with van der Waals surface area (Å²) < 4.78 is 2.33. The highest BCUT2D eigenvalue weighted by Crippen LogP contribution is 2.35. The Morgan fingerprint density at radius 1 is 1.28 bits per heavy atom. The summed E-state index contributed by atoms with van der Waals surface area (Å²) in [5.41, 5.74) is 1.84. The van der Waals surface area contributed by atoms with Crippen LogP contribution in [0.1, 0.15) is 65.6 Å². The van der Waals surface area contributed by atoms with E-state index >= 15 is 0 Å². The molecular weight excluding hydrogens is 222 g/mol. The van der Waals surface area contributed by atoms with Crippen molar-refractivity contribution in [2.24, 2.45) is 5.41 Å². The average molecular weight is 249 g/mol. The zero-order chi connectivity index (χ0) is 13.4. The van der Waals surface area contributed by atoms with Crippen molar-refractivity contribution >= 4 is 0 Å². The second-order valence-electron chi connectivity index (χ2n) is 7.50. The molecule has 1 saturated carbocycles. The van der Waals surface area contributed by atoms with Crippen molar-refractivity contribution in [2.75, 3.05) is 0 Å². The number of nitrogens with one attached hydrogen (secondary N) is 1. The molecule has 1 aliphatic carbocycles. The molecule has 0 saturated heterocycles. The molecule has 1 heterocycles. The standard InChI is InChI=1S/C15H27N3/c1-14(2,3)10-15(4,5)17-9-13-8-16-11-18(13)12-6-7-12/h8,11-12,17H,6-7,9-10H2,1-5H3. The number of hydrogen-bond donors (Lipinski definition) is 1. The maximum absolute atomic E-state index is 4.28. The molecule has 1 aromatic rings. The average Bonchev–Trinajstić information content (AvgIpc) is 2.91. The van der Waals surface area contributed by atoms with E-state index in [1.165, 1.54) is 18.5 Å². The van der Waals surface area contributed by atoms with Crippen molar-refractivity contribution in [3.8, 4) is 0 Å². The van der Waals surface area contributed by atoms with Gasteiger partial charge in [0.25, 0.3) is 0 Å². The summed E-state index contributed by atoms with van der Waals surface area (Å²) in [6.45, 7) is 12.4. The Hall–Kier alpha value is -0.830. The van der Waals surface area contributed by atoms with E-state index in [4.69, 9.17) is 0 Å². The molecule has 1 fully saturated rings. The molecule has 0 bridgehead atoms. The molecule has 0 unspecified atom stereocenters. The fraction of sp³-hybridized carbons (Fsp3) is 0.800. The highest BCUT2D eigenvalue weighted by molar-refractivity contribution is 5.04. The molecule has 0 atom stereocenters. The molecule has 1 N–H and O–H groups in total. The van der Waals surface area contributed by atoms with E-state index in [2.05, 4.69) is 49.5 Å². The van der Waals surface area contributed by atoms with Crippen LogP contribution in [0.4, 0.5) is 0 Å². The van der Waals surface area contributed by atoms with Gasteiger partial charge in [-0.1, -0.05) is 20.8 Å². The monoisotopic (exact) mass is 249 g/mol. The van der Waals surface area contributed by atoms with Crippen LogP contribution in [-0.4, -0.2) is 15.1 Å². The van der Waals surface area contributed by atoms with Crippen LogP contribution in [0.2, 0.25) is 0 Å². The van der Waals surface area contributed by atoms with Crippen LogP contribution in [0.5, 0.6) is 0 Å². The molecule has 2 rings (SSSR count). The van der Waals surface area contributed by atoms with Crippen LogP contribution in [-0.2, 0) is 6.54 Å². The summed E-state index contributed by atoms with van der Waals surface area (Å²) in [5, 5.41) is 3.68. The van der Waals surface area contributed by atoms with Gasteiger partial charge in [0, 0.05) is 24.3 Å². The largest absolute Gasteiger partial charge is 0.330 e. The van der Waals surface area contributed by atoms with Gasteiger partial charge >= 0.3 is 0 Å². The summed E-state index contributed by atoms with van der Waals surface area (Å²) in [6, 6.07) is 0.718. The third kappa shape index (κ3) is 3.84. The lowest BCUT2D eigenvalue weighted by Gasteiger charge is -2.33. The number of imidazole rings is 1. The minimum atomic E-state index is 0.164. The zero-order valence-electron chi connectivity index (χ0n) is 12.5.